The number of rotatable bonds is 8. The Bertz CT molecular complexity index is 229. The summed E-state index contributed by atoms with van der Waals surface area (Å²) in [6.45, 7) is 11.0. The molecule has 4 heteroatoms. The number of aliphatic hydroxyl groups excluding tert-OH is 1. The lowest BCUT2D eigenvalue weighted by molar-refractivity contribution is -0.123. The van der Waals surface area contributed by atoms with Crippen molar-refractivity contribution in [1.29, 1.82) is 0 Å². The van der Waals surface area contributed by atoms with Crippen molar-refractivity contribution in [2.75, 3.05) is 13.2 Å². The summed E-state index contributed by atoms with van der Waals surface area (Å²) >= 11 is 0. The van der Waals surface area contributed by atoms with Gasteiger partial charge < -0.3 is 15.7 Å². The van der Waals surface area contributed by atoms with Gasteiger partial charge in [0.05, 0.1) is 6.04 Å². The average molecular weight is 244 g/mol. The lowest BCUT2D eigenvalue weighted by Gasteiger charge is -2.26. The van der Waals surface area contributed by atoms with Gasteiger partial charge >= 0.3 is 0 Å². The van der Waals surface area contributed by atoms with Crippen LogP contribution < -0.4 is 10.6 Å². The molecule has 2 unspecified atom stereocenters. The highest BCUT2D eigenvalue weighted by Gasteiger charge is 2.20. The molecule has 0 rings (SSSR count). The number of amides is 1. The van der Waals surface area contributed by atoms with Crippen LogP contribution in [0.5, 0.6) is 0 Å². The Morgan fingerprint density at radius 1 is 1.35 bits per heavy atom. The molecule has 0 radical (unpaired) electrons. The minimum Gasteiger partial charge on any atom is -0.396 e. The van der Waals surface area contributed by atoms with Crippen molar-refractivity contribution in [2.24, 2.45) is 5.41 Å². The first-order chi connectivity index (χ1) is 7.82. The van der Waals surface area contributed by atoms with Gasteiger partial charge in [-0.15, -0.1) is 0 Å². The van der Waals surface area contributed by atoms with Gasteiger partial charge in [-0.1, -0.05) is 20.8 Å². The monoisotopic (exact) mass is 244 g/mol. The van der Waals surface area contributed by atoms with Gasteiger partial charge in [-0.2, -0.15) is 0 Å². The van der Waals surface area contributed by atoms with E-state index in [1.54, 1.807) is 0 Å². The maximum absolute atomic E-state index is 11.8. The molecule has 1 amide bonds. The van der Waals surface area contributed by atoms with E-state index in [0.717, 1.165) is 19.4 Å². The van der Waals surface area contributed by atoms with Gasteiger partial charge in [-0.25, -0.2) is 0 Å². The van der Waals surface area contributed by atoms with Crippen molar-refractivity contribution in [3.05, 3.63) is 0 Å². The highest BCUT2D eigenvalue weighted by molar-refractivity contribution is 5.81. The number of hydrogen-bond acceptors (Lipinski definition) is 3. The third kappa shape index (κ3) is 7.34. The number of hydrogen-bond donors (Lipinski definition) is 3. The van der Waals surface area contributed by atoms with E-state index in [2.05, 4.69) is 24.5 Å². The van der Waals surface area contributed by atoms with Gasteiger partial charge in [0.25, 0.3) is 0 Å². The van der Waals surface area contributed by atoms with Crippen LogP contribution >= 0.6 is 0 Å². The van der Waals surface area contributed by atoms with Crippen LogP contribution in [0.1, 0.15) is 47.5 Å². The smallest absolute Gasteiger partial charge is 0.237 e. The molecule has 0 fully saturated rings. The van der Waals surface area contributed by atoms with E-state index in [4.69, 9.17) is 5.11 Å². The molecule has 0 aromatic carbocycles. The first-order valence-electron chi connectivity index (χ1n) is 6.47. The summed E-state index contributed by atoms with van der Waals surface area (Å²) in [7, 11) is 0. The molecule has 0 spiro atoms. The van der Waals surface area contributed by atoms with Crippen LogP contribution in [0.3, 0.4) is 0 Å². The third-order valence-electron chi connectivity index (χ3n) is 3.07. The molecule has 0 saturated carbocycles. The van der Waals surface area contributed by atoms with E-state index in [1.165, 1.54) is 0 Å². The molecule has 0 saturated heterocycles. The van der Waals surface area contributed by atoms with Crippen LogP contribution in [0.4, 0.5) is 0 Å². The fourth-order valence-electron chi connectivity index (χ4n) is 1.38. The molecule has 3 N–H and O–H groups in total. The molecule has 0 aliphatic rings. The maximum Gasteiger partial charge on any atom is 0.237 e. The normalized spacial score (nSPS) is 15.4. The van der Waals surface area contributed by atoms with Crippen molar-refractivity contribution in [1.82, 2.24) is 10.6 Å². The number of aliphatic hydroxyl groups is 1. The number of nitrogens with one attached hydrogen (secondary N) is 2. The lowest BCUT2D eigenvalue weighted by atomic mass is 9.89. The van der Waals surface area contributed by atoms with Gasteiger partial charge in [0.1, 0.15) is 0 Å². The largest absolute Gasteiger partial charge is 0.396 e. The summed E-state index contributed by atoms with van der Waals surface area (Å²) < 4.78 is 0. The maximum atomic E-state index is 11.8. The summed E-state index contributed by atoms with van der Waals surface area (Å²) in [5.41, 5.74) is 0.0136. The molecule has 2 atom stereocenters. The fraction of sp³-hybridized carbons (Fsp3) is 0.923. The molecule has 0 aliphatic heterocycles. The van der Waals surface area contributed by atoms with Crippen molar-refractivity contribution < 1.29 is 9.90 Å². The highest BCUT2D eigenvalue weighted by Crippen LogP contribution is 2.18. The number of carbonyl (C=O) groups excluding carboxylic acids is 1. The topological polar surface area (TPSA) is 61.4 Å². The Labute approximate surface area is 105 Å². The van der Waals surface area contributed by atoms with Gasteiger partial charge in [-0.3, -0.25) is 4.79 Å². The highest BCUT2D eigenvalue weighted by atomic mass is 16.3. The van der Waals surface area contributed by atoms with Gasteiger partial charge in [0.15, 0.2) is 0 Å². The molecule has 0 heterocycles. The molecule has 0 bridgehead atoms. The molecule has 4 nitrogen and oxygen atoms in total. The molecule has 17 heavy (non-hydrogen) atoms. The van der Waals surface area contributed by atoms with Gasteiger partial charge in [0.2, 0.25) is 5.91 Å². The predicted octanol–water partition coefficient (Wildman–Crippen LogP) is 1.29. The van der Waals surface area contributed by atoms with Crippen LogP contribution in [0.15, 0.2) is 0 Å². The SMILES string of the molecule is CCC(C)NC(=O)C(C)NCC(C)(C)CCO. The zero-order valence-electron chi connectivity index (χ0n) is 11.8. The Kier molecular flexibility index (Phi) is 7.39. The van der Waals surface area contributed by atoms with E-state index in [0.29, 0.717) is 0 Å². The first kappa shape index (κ1) is 16.4. The van der Waals surface area contributed by atoms with Crippen molar-refractivity contribution in [3.63, 3.8) is 0 Å². The Morgan fingerprint density at radius 3 is 2.41 bits per heavy atom. The Morgan fingerprint density at radius 2 is 1.94 bits per heavy atom. The second-order valence-electron chi connectivity index (χ2n) is 5.56. The average Bonchev–Trinajstić information content (AvgIpc) is 2.25. The Balaban J connectivity index is 4.00. The summed E-state index contributed by atoms with van der Waals surface area (Å²) in [5, 5.41) is 15.1. The summed E-state index contributed by atoms with van der Waals surface area (Å²) in [6.07, 6.45) is 1.67. The summed E-state index contributed by atoms with van der Waals surface area (Å²) in [4.78, 5) is 11.8. The zero-order chi connectivity index (χ0) is 13.5. The van der Waals surface area contributed by atoms with Gasteiger partial charge in [-0.05, 0) is 32.1 Å². The van der Waals surface area contributed by atoms with Crippen LogP contribution in [0.25, 0.3) is 0 Å². The first-order valence-corrected chi connectivity index (χ1v) is 6.47. The van der Waals surface area contributed by atoms with Crippen LogP contribution in [0, 0.1) is 5.41 Å². The van der Waals surface area contributed by atoms with Crippen molar-refractivity contribution in [3.8, 4) is 0 Å². The van der Waals surface area contributed by atoms with Crippen LogP contribution in [-0.2, 0) is 4.79 Å². The molecule has 0 aliphatic carbocycles. The van der Waals surface area contributed by atoms with Crippen LogP contribution in [-0.4, -0.2) is 36.2 Å². The molecular weight excluding hydrogens is 216 g/mol. The fourth-order valence-corrected chi connectivity index (χ4v) is 1.38. The van der Waals surface area contributed by atoms with Crippen molar-refractivity contribution >= 4 is 5.91 Å². The summed E-state index contributed by atoms with van der Waals surface area (Å²) in [5.74, 6) is 0.0409. The quantitative estimate of drug-likeness (QED) is 0.603. The van der Waals surface area contributed by atoms with Crippen molar-refractivity contribution in [2.45, 2.75) is 59.5 Å². The van der Waals surface area contributed by atoms with E-state index in [1.807, 2.05) is 20.8 Å². The van der Waals surface area contributed by atoms with E-state index < -0.39 is 0 Å². The minimum atomic E-state index is -0.193. The second-order valence-corrected chi connectivity index (χ2v) is 5.56. The number of carbonyl (C=O) groups is 1. The molecule has 0 aromatic rings. The molecule has 0 aromatic heterocycles. The third-order valence-corrected chi connectivity index (χ3v) is 3.07. The standard InChI is InChI=1S/C13H28N2O2/c1-6-10(2)15-12(17)11(3)14-9-13(4,5)7-8-16/h10-11,14,16H,6-9H2,1-5H3,(H,15,17). The predicted molar refractivity (Wildman–Crippen MR) is 70.8 cm³/mol. The molecular formula is C13H28N2O2. The Hall–Kier alpha value is -0.610. The van der Waals surface area contributed by atoms with Gasteiger partial charge in [0, 0.05) is 19.2 Å². The van der Waals surface area contributed by atoms with Crippen LogP contribution in [0.2, 0.25) is 0 Å². The minimum absolute atomic E-state index is 0.0136. The zero-order valence-corrected chi connectivity index (χ0v) is 11.8. The second kappa shape index (κ2) is 7.67. The van der Waals surface area contributed by atoms with E-state index in [-0.39, 0.29) is 30.0 Å². The lowest BCUT2D eigenvalue weighted by Crippen LogP contribution is -2.47. The van der Waals surface area contributed by atoms with E-state index in [9.17, 15) is 4.79 Å². The molecule has 102 valence electrons. The van der Waals surface area contributed by atoms with E-state index >= 15 is 0 Å². The summed E-state index contributed by atoms with van der Waals surface area (Å²) in [6, 6.07) is 0.0270.